The molecule has 3 N–H and O–H groups in total. The van der Waals surface area contributed by atoms with Gasteiger partial charge >= 0.3 is 5.69 Å². The van der Waals surface area contributed by atoms with E-state index in [4.69, 9.17) is 5.73 Å². The minimum absolute atomic E-state index is 0.198. The normalized spacial score (nSPS) is 10.6. The van der Waals surface area contributed by atoms with Gasteiger partial charge in [0.1, 0.15) is 12.4 Å². The smallest absolute Gasteiger partial charge is 0.332 e. The molecule has 3 rings (SSSR count). The van der Waals surface area contributed by atoms with Gasteiger partial charge in [-0.25, -0.2) is 14.3 Å². The third-order valence-corrected chi connectivity index (χ3v) is 5.32. The second-order valence-electron chi connectivity index (χ2n) is 6.83. The fourth-order valence-electron chi connectivity index (χ4n) is 3.09. The number of hydrogen-bond donors (Lipinski definition) is 2. The highest BCUT2D eigenvalue weighted by atomic mass is 32.2. The average molecular weight is 457 g/mol. The largest absolute Gasteiger partial charge is 0.344 e. The zero-order valence-corrected chi connectivity index (χ0v) is 18.8. The number of anilines is 2. The molecule has 3 heterocycles. The van der Waals surface area contributed by atoms with Crippen LogP contribution in [0.3, 0.4) is 0 Å². The minimum atomic E-state index is -0.631. The molecule has 0 radical (unpaired) electrons. The Balaban J connectivity index is 2.03. The average Bonchev–Trinajstić information content (AvgIpc) is 3.18. The first-order valence-electron chi connectivity index (χ1n) is 9.76. The Bertz CT molecular complexity index is 1300. The van der Waals surface area contributed by atoms with Gasteiger partial charge in [0.2, 0.25) is 11.1 Å². The molecular formula is C20H24N8O3S. The molecule has 3 aromatic rings. The molecule has 0 atom stereocenters. The van der Waals surface area contributed by atoms with Crippen molar-refractivity contribution in [2.75, 3.05) is 29.8 Å². The van der Waals surface area contributed by atoms with Crippen LogP contribution in [0.5, 0.6) is 0 Å². The molecule has 0 bridgehead atoms. The van der Waals surface area contributed by atoms with Crippen molar-refractivity contribution < 1.29 is 4.79 Å². The number of hydrogen-bond acceptors (Lipinski definition) is 9. The van der Waals surface area contributed by atoms with Gasteiger partial charge in [-0.3, -0.25) is 18.7 Å². The number of carbonyl (C=O) groups is 1. The molecule has 0 aliphatic carbocycles. The SMILES string of the molecule is CC#CCn1c(N(C)CCN)nc2c1c(=O)n(CC(=O)SNc1ccccn1)c(=O)n2C. The van der Waals surface area contributed by atoms with Crippen LogP contribution in [0.15, 0.2) is 34.0 Å². The van der Waals surface area contributed by atoms with E-state index < -0.39 is 22.9 Å². The lowest BCUT2D eigenvalue weighted by Gasteiger charge is -2.17. The van der Waals surface area contributed by atoms with Crippen LogP contribution in [-0.4, -0.2) is 48.9 Å². The summed E-state index contributed by atoms with van der Waals surface area (Å²) in [6.07, 6.45) is 1.58. The van der Waals surface area contributed by atoms with Gasteiger partial charge in [0.05, 0.1) is 6.54 Å². The highest BCUT2D eigenvalue weighted by Gasteiger charge is 2.22. The minimum Gasteiger partial charge on any atom is -0.344 e. The highest BCUT2D eigenvalue weighted by Crippen LogP contribution is 2.18. The van der Waals surface area contributed by atoms with E-state index in [1.165, 1.54) is 11.6 Å². The van der Waals surface area contributed by atoms with Gasteiger partial charge in [0, 0.05) is 45.3 Å². The maximum atomic E-state index is 13.3. The fraction of sp³-hybridized carbons (Fsp3) is 0.350. The monoisotopic (exact) mass is 456 g/mol. The molecule has 0 aromatic carbocycles. The first-order chi connectivity index (χ1) is 15.4. The van der Waals surface area contributed by atoms with Gasteiger partial charge in [-0.15, -0.1) is 5.92 Å². The number of fused-ring (bicyclic) bond motifs is 1. The summed E-state index contributed by atoms with van der Waals surface area (Å²) in [5.74, 6) is 6.69. The molecule has 0 aliphatic heterocycles. The van der Waals surface area contributed by atoms with Crippen molar-refractivity contribution >= 4 is 40.0 Å². The lowest BCUT2D eigenvalue weighted by Crippen LogP contribution is -2.41. The van der Waals surface area contributed by atoms with Crippen LogP contribution < -0.4 is 26.6 Å². The summed E-state index contributed by atoms with van der Waals surface area (Å²) in [7, 11) is 3.31. The van der Waals surface area contributed by atoms with Crippen molar-refractivity contribution in [3.63, 3.8) is 0 Å². The molecule has 3 aromatic heterocycles. The zero-order valence-electron chi connectivity index (χ0n) is 18.0. The molecule has 0 saturated heterocycles. The van der Waals surface area contributed by atoms with Crippen molar-refractivity contribution in [1.29, 1.82) is 0 Å². The van der Waals surface area contributed by atoms with Gasteiger partial charge in [-0.1, -0.05) is 12.0 Å². The third-order valence-electron chi connectivity index (χ3n) is 4.65. The Morgan fingerprint density at radius 1 is 1.31 bits per heavy atom. The summed E-state index contributed by atoms with van der Waals surface area (Å²) in [6.45, 7) is 2.37. The molecule has 0 spiro atoms. The number of likely N-dealkylation sites (N-methyl/N-ethyl adjacent to an activating group) is 1. The number of nitrogens with two attached hydrogens (primary N) is 1. The predicted molar refractivity (Wildman–Crippen MR) is 125 cm³/mol. The van der Waals surface area contributed by atoms with Crippen molar-refractivity contribution in [1.82, 2.24) is 23.7 Å². The van der Waals surface area contributed by atoms with E-state index in [1.807, 2.05) is 0 Å². The van der Waals surface area contributed by atoms with E-state index in [2.05, 4.69) is 26.5 Å². The number of carbonyl (C=O) groups excluding carboxylic acids is 1. The molecule has 0 fully saturated rings. The topological polar surface area (TPSA) is 133 Å². The Kier molecular flexibility index (Phi) is 7.34. The first kappa shape index (κ1) is 23.1. The number of pyridine rings is 1. The summed E-state index contributed by atoms with van der Waals surface area (Å²) in [6, 6.07) is 5.22. The van der Waals surface area contributed by atoms with Crippen LogP contribution in [0.2, 0.25) is 0 Å². The van der Waals surface area contributed by atoms with Crippen LogP contribution in [0.4, 0.5) is 11.8 Å². The van der Waals surface area contributed by atoms with Crippen molar-refractivity contribution in [3.05, 3.63) is 45.2 Å². The van der Waals surface area contributed by atoms with Crippen molar-refractivity contribution in [2.24, 2.45) is 12.8 Å². The summed E-state index contributed by atoms with van der Waals surface area (Å²) >= 11 is 0.762. The highest BCUT2D eigenvalue weighted by molar-refractivity contribution is 8.14. The van der Waals surface area contributed by atoms with Crippen LogP contribution in [0, 0.1) is 11.8 Å². The lowest BCUT2D eigenvalue weighted by molar-refractivity contribution is -0.111. The standard InChI is InChI=1S/C20H24N8O3S/c1-4-5-11-27-16-17(23-19(27)25(2)12-9-21)26(3)20(31)28(18(16)30)13-15(29)32-24-14-8-6-7-10-22-14/h6-8,10H,9,11-13,21H2,1-3H3,(H,22,24). The number of imidazole rings is 1. The third kappa shape index (κ3) is 4.68. The van der Waals surface area contributed by atoms with Crippen LogP contribution in [0.1, 0.15) is 6.92 Å². The number of nitrogens with one attached hydrogen (secondary N) is 1. The van der Waals surface area contributed by atoms with Gasteiger partial charge < -0.3 is 15.4 Å². The van der Waals surface area contributed by atoms with E-state index in [1.54, 1.807) is 47.8 Å². The van der Waals surface area contributed by atoms with Crippen LogP contribution >= 0.6 is 11.9 Å². The maximum Gasteiger partial charge on any atom is 0.332 e. The summed E-state index contributed by atoms with van der Waals surface area (Å²) in [4.78, 5) is 49.0. The Labute approximate surface area is 188 Å². The van der Waals surface area contributed by atoms with E-state index in [9.17, 15) is 14.4 Å². The second-order valence-corrected chi connectivity index (χ2v) is 7.69. The van der Waals surface area contributed by atoms with Gasteiger partial charge in [0.25, 0.3) is 5.56 Å². The molecule has 168 valence electrons. The van der Waals surface area contributed by atoms with E-state index in [0.29, 0.717) is 24.9 Å². The fourth-order valence-corrected chi connectivity index (χ4v) is 3.62. The number of aryl methyl sites for hydroxylation is 1. The lowest BCUT2D eigenvalue weighted by atomic mass is 10.4. The van der Waals surface area contributed by atoms with Gasteiger partial charge in [0.15, 0.2) is 11.2 Å². The molecule has 0 unspecified atom stereocenters. The molecule has 0 saturated carbocycles. The molecule has 0 aliphatic rings. The maximum absolute atomic E-state index is 13.3. The number of aromatic nitrogens is 5. The zero-order chi connectivity index (χ0) is 23.3. The van der Waals surface area contributed by atoms with Crippen LogP contribution in [-0.2, 0) is 24.9 Å². The van der Waals surface area contributed by atoms with E-state index in [0.717, 1.165) is 16.5 Å². The van der Waals surface area contributed by atoms with Crippen LogP contribution in [0.25, 0.3) is 11.2 Å². The summed E-state index contributed by atoms with van der Waals surface area (Å²) < 4.78 is 6.61. The van der Waals surface area contributed by atoms with Crippen molar-refractivity contribution in [2.45, 2.75) is 20.0 Å². The second kappa shape index (κ2) is 10.2. The van der Waals surface area contributed by atoms with Gasteiger partial charge in [-0.05, 0) is 19.1 Å². The predicted octanol–water partition coefficient (Wildman–Crippen LogP) is -0.00320. The Morgan fingerprint density at radius 3 is 2.75 bits per heavy atom. The van der Waals surface area contributed by atoms with Crippen molar-refractivity contribution in [3.8, 4) is 11.8 Å². The Hall–Kier alpha value is -3.56. The molecule has 11 nitrogen and oxygen atoms in total. The Morgan fingerprint density at radius 2 is 2.09 bits per heavy atom. The van der Waals surface area contributed by atoms with E-state index >= 15 is 0 Å². The molecule has 32 heavy (non-hydrogen) atoms. The quantitative estimate of drug-likeness (QED) is 0.355. The molecule has 0 amide bonds. The van der Waals surface area contributed by atoms with Gasteiger partial charge in [-0.2, -0.15) is 4.98 Å². The molecule has 12 heteroatoms. The number of rotatable bonds is 8. The summed E-state index contributed by atoms with van der Waals surface area (Å²) in [5.41, 5.74) is 4.85. The molecular weight excluding hydrogens is 432 g/mol. The van der Waals surface area contributed by atoms with E-state index in [-0.39, 0.29) is 17.7 Å². The summed E-state index contributed by atoms with van der Waals surface area (Å²) in [5, 5.41) is -0.422. The number of nitrogens with zero attached hydrogens (tertiary/aromatic N) is 6. The first-order valence-corrected chi connectivity index (χ1v) is 10.6.